The number of nitrogens with zero attached hydrogens (tertiary/aromatic N) is 2. The van der Waals surface area contributed by atoms with Crippen molar-refractivity contribution in [1.29, 1.82) is 0 Å². The summed E-state index contributed by atoms with van der Waals surface area (Å²) in [5.74, 6) is 0. The maximum absolute atomic E-state index is 7.56. The van der Waals surface area contributed by atoms with E-state index in [4.69, 9.17) is 10.4 Å². The Kier molecular flexibility index (Phi) is 9.76. The van der Waals surface area contributed by atoms with Gasteiger partial charge in [0.25, 0.3) is 0 Å². The van der Waals surface area contributed by atoms with Gasteiger partial charge in [-0.25, -0.2) is 0 Å². The Morgan fingerprint density at radius 2 is 0.947 bits per heavy atom. The molecule has 0 saturated carbocycles. The molecular formula is C14H14N2NiO2. The fourth-order valence-electron chi connectivity index (χ4n) is 1.32. The van der Waals surface area contributed by atoms with Crippen LogP contribution >= 0.6 is 0 Å². The normalized spacial score (nSPS) is 9.68. The molecule has 0 amide bonds. The van der Waals surface area contributed by atoms with Gasteiger partial charge in [-0.3, -0.25) is 0 Å². The molecule has 0 bridgehead atoms. The van der Waals surface area contributed by atoms with Crippen molar-refractivity contribution in [3.63, 3.8) is 0 Å². The fourth-order valence-corrected chi connectivity index (χ4v) is 1.32. The smallest absolute Gasteiger partial charge is 0.0877 e. The minimum absolute atomic E-state index is 0. The average Bonchev–Trinajstić information content (AvgIpc) is 2.48. The molecule has 0 unspecified atom stereocenters. The molecule has 2 aromatic rings. The predicted molar refractivity (Wildman–Crippen MR) is 72.4 cm³/mol. The zero-order chi connectivity index (χ0) is 13.1. The van der Waals surface area contributed by atoms with Crippen molar-refractivity contribution in [2.45, 2.75) is 0 Å². The molecule has 0 spiro atoms. The first kappa shape index (κ1) is 16.9. The molecule has 0 atom stereocenters. The van der Waals surface area contributed by atoms with Gasteiger partial charge in [0, 0.05) is 16.5 Å². The molecule has 0 radical (unpaired) electrons. The summed E-state index contributed by atoms with van der Waals surface area (Å²) in [7, 11) is 0. The zero-order valence-corrected chi connectivity index (χ0v) is 11.0. The third kappa shape index (κ3) is 7.01. The van der Waals surface area contributed by atoms with Crippen LogP contribution in [-0.4, -0.2) is 22.8 Å². The van der Waals surface area contributed by atoms with Gasteiger partial charge in [-0.1, -0.05) is 71.0 Å². The molecule has 2 aromatic carbocycles. The topological polar surface area (TPSA) is 65.2 Å². The van der Waals surface area contributed by atoms with Gasteiger partial charge >= 0.3 is 0 Å². The molecule has 0 saturated heterocycles. The van der Waals surface area contributed by atoms with Crippen molar-refractivity contribution in [3.05, 3.63) is 60.7 Å². The number of benzene rings is 2. The average molecular weight is 301 g/mol. The van der Waals surface area contributed by atoms with E-state index >= 15 is 0 Å². The SMILES string of the molecule is O/N=C/C=N/O.[Ni].c1ccc(-c2ccccc2)cc1. The van der Waals surface area contributed by atoms with Crippen molar-refractivity contribution in [1.82, 2.24) is 0 Å². The van der Waals surface area contributed by atoms with Crippen LogP contribution in [0.1, 0.15) is 0 Å². The fraction of sp³-hybridized carbons (Fsp3) is 0. The Bertz CT molecular complexity index is 440. The van der Waals surface area contributed by atoms with E-state index in [1.807, 2.05) is 12.1 Å². The summed E-state index contributed by atoms with van der Waals surface area (Å²) in [6, 6.07) is 20.8. The molecule has 0 aliphatic heterocycles. The van der Waals surface area contributed by atoms with Crippen molar-refractivity contribution in [2.75, 3.05) is 0 Å². The molecule has 0 aromatic heterocycles. The maximum atomic E-state index is 7.56. The van der Waals surface area contributed by atoms with Gasteiger partial charge in [0.15, 0.2) is 0 Å². The molecule has 5 heteroatoms. The van der Waals surface area contributed by atoms with Crippen LogP contribution in [0.2, 0.25) is 0 Å². The maximum Gasteiger partial charge on any atom is 0.0877 e. The quantitative estimate of drug-likeness (QED) is 0.387. The molecule has 0 aliphatic carbocycles. The van der Waals surface area contributed by atoms with Gasteiger partial charge in [0.05, 0.1) is 12.4 Å². The van der Waals surface area contributed by atoms with E-state index < -0.39 is 0 Å². The summed E-state index contributed by atoms with van der Waals surface area (Å²) in [4.78, 5) is 0. The number of rotatable bonds is 2. The first-order chi connectivity index (χ1) is 8.88. The minimum atomic E-state index is 0. The van der Waals surface area contributed by atoms with Gasteiger partial charge < -0.3 is 10.4 Å². The van der Waals surface area contributed by atoms with Crippen molar-refractivity contribution in [2.24, 2.45) is 10.3 Å². The second kappa shape index (κ2) is 11.0. The van der Waals surface area contributed by atoms with Crippen LogP contribution in [0.25, 0.3) is 11.1 Å². The number of hydrogen-bond acceptors (Lipinski definition) is 4. The first-order valence-corrected chi connectivity index (χ1v) is 5.32. The molecule has 102 valence electrons. The van der Waals surface area contributed by atoms with E-state index in [1.165, 1.54) is 11.1 Å². The standard InChI is InChI=1S/C12H10.C2H4N2O2.Ni/c1-3-7-11(8-4-1)12-9-5-2-6-10-12;5-3-1-2-4-6;/h1-10H;1-2,5-6H;/b;3-1+,4-2+;. The molecule has 4 nitrogen and oxygen atoms in total. The van der Waals surface area contributed by atoms with Gasteiger partial charge in [-0.15, -0.1) is 0 Å². The van der Waals surface area contributed by atoms with E-state index in [0.717, 1.165) is 12.4 Å². The Morgan fingerprint density at radius 1 is 0.632 bits per heavy atom. The van der Waals surface area contributed by atoms with Crippen LogP contribution in [0.3, 0.4) is 0 Å². The molecule has 2 N–H and O–H groups in total. The van der Waals surface area contributed by atoms with Crippen LogP contribution in [0.15, 0.2) is 71.0 Å². The van der Waals surface area contributed by atoms with Crippen molar-refractivity contribution in [3.8, 4) is 11.1 Å². The van der Waals surface area contributed by atoms with Crippen LogP contribution < -0.4 is 0 Å². The van der Waals surface area contributed by atoms with E-state index in [-0.39, 0.29) is 16.5 Å². The van der Waals surface area contributed by atoms with Crippen LogP contribution in [-0.2, 0) is 16.5 Å². The second-order valence-electron chi connectivity index (χ2n) is 3.26. The molecule has 0 heterocycles. The van der Waals surface area contributed by atoms with Crippen molar-refractivity contribution < 1.29 is 26.9 Å². The van der Waals surface area contributed by atoms with Gasteiger partial charge in [-0.2, -0.15) is 0 Å². The molecular weight excluding hydrogens is 287 g/mol. The Balaban J connectivity index is 0.000000404. The Labute approximate surface area is 122 Å². The number of hydrogen-bond donors (Lipinski definition) is 2. The summed E-state index contributed by atoms with van der Waals surface area (Å²) >= 11 is 0. The Morgan fingerprint density at radius 3 is 1.21 bits per heavy atom. The predicted octanol–water partition coefficient (Wildman–Crippen LogP) is 3.26. The minimum Gasteiger partial charge on any atom is -0.411 e. The molecule has 0 aliphatic rings. The van der Waals surface area contributed by atoms with E-state index in [9.17, 15) is 0 Å². The zero-order valence-electron chi connectivity index (χ0n) is 10.0. The molecule has 0 fully saturated rings. The molecule has 19 heavy (non-hydrogen) atoms. The first-order valence-electron chi connectivity index (χ1n) is 5.32. The summed E-state index contributed by atoms with van der Waals surface area (Å²) in [6.45, 7) is 0. The van der Waals surface area contributed by atoms with E-state index in [1.54, 1.807) is 0 Å². The summed E-state index contributed by atoms with van der Waals surface area (Å²) < 4.78 is 0. The van der Waals surface area contributed by atoms with E-state index in [2.05, 4.69) is 58.8 Å². The van der Waals surface area contributed by atoms with Crippen LogP contribution in [0, 0.1) is 0 Å². The van der Waals surface area contributed by atoms with Gasteiger partial charge in [-0.05, 0) is 11.1 Å². The van der Waals surface area contributed by atoms with Crippen molar-refractivity contribution >= 4 is 12.4 Å². The number of oxime groups is 2. The largest absolute Gasteiger partial charge is 0.411 e. The summed E-state index contributed by atoms with van der Waals surface area (Å²) in [5, 5.41) is 20.1. The van der Waals surface area contributed by atoms with Crippen LogP contribution in [0.4, 0.5) is 0 Å². The molecule has 2 rings (SSSR count). The monoisotopic (exact) mass is 300 g/mol. The second-order valence-corrected chi connectivity index (χ2v) is 3.26. The summed E-state index contributed by atoms with van der Waals surface area (Å²) in [5.41, 5.74) is 2.55. The van der Waals surface area contributed by atoms with E-state index in [0.29, 0.717) is 0 Å². The summed E-state index contributed by atoms with van der Waals surface area (Å²) in [6.07, 6.45) is 1.89. The van der Waals surface area contributed by atoms with Crippen LogP contribution in [0.5, 0.6) is 0 Å². The van der Waals surface area contributed by atoms with Gasteiger partial charge in [0.2, 0.25) is 0 Å². The third-order valence-corrected chi connectivity index (χ3v) is 2.08. The van der Waals surface area contributed by atoms with Gasteiger partial charge in [0.1, 0.15) is 0 Å². The third-order valence-electron chi connectivity index (χ3n) is 2.08. The Hall–Kier alpha value is -2.13.